The molecule has 0 aliphatic heterocycles. The van der Waals surface area contributed by atoms with Gasteiger partial charge in [0.1, 0.15) is 12.4 Å². The van der Waals surface area contributed by atoms with E-state index >= 15 is 0 Å². The van der Waals surface area contributed by atoms with Crippen LogP contribution in [0.25, 0.3) is 0 Å². The topological polar surface area (TPSA) is 52.1 Å². The number of thioether (sulfide) groups is 1. The van der Waals surface area contributed by atoms with E-state index in [4.69, 9.17) is 4.74 Å². The molecule has 0 radical (unpaired) electrons. The maximum Gasteiger partial charge on any atom is 0.170 e. The average molecular weight is 232 g/mol. The van der Waals surface area contributed by atoms with Crippen molar-refractivity contribution < 1.29 is 9.53 Å². The third kappa shape index (κ3) is 3.73. The number of carbonyl (C=O) groups excluding carboxylic acids is 1. The van der Waals surface area contributed by atoms with E-state index in [-0.39, 0.29) is 12.4 Å². The second-order valence-electron chi connectivity index (χ2n) is 2.59. The van der Waals surface area contributed by atoms with Crippen molar-refractivity contribution in [2.24, 2.45) is 0 Å². The van der Waals surface area contributed by atoms with E-state index in [1.807, 2.05) is 6.92 Å². The molecule has 1 aromatic rings. The zero-order valence-corrected chi connectivity index (χ0v) is 9.78. The summed E-state index contributed by atoms with van der Waals surface area (Å²) in [6.45, 7) is 2.18. The Morgan fingerprint density at radius 1 is 1.64 bits per heavy atom. The van der Waals surface area contributed by atoms with Crippen molar-refractivity contribution in [2.75, 3.05) is 19.5 Å². The molecule has 0 N–H and O–H groups in total. The number of Topliss-reactive ketones (excluding diaryl/α,β-unsaturated/α-hetero) is 1. The zero-order chi connectivity index (χ0) is 10.4. The zero-order valence-electron chi connectivity index (χ0n) is 8.15. The van der Waals surface area contributed by atoms with E-state index in [0.717, 1.165) is 16.6 Å². The van der Waals surface area contributed by atoms with Gasteiger partial charge in [-0.05, 0) is 11.5 Å². The van der Waals surface area contributed by atoms with Crippen molar-refractivity contribution >= 4 is 29.1 Å². The standard InChI is InChI=1S/C8H12N2O2S2/c1-3-7-9-8(14-10-7)13-5-6(11)4-12-2/h3-5H2,1-2H3. The number of hydrogen-bond acceptors (Lipinski definition) is 6. The van der Waals surface area contributed by atoms with E-state index in [1.165, 1.54) is 30.4 Å². The Bertz CT molecular complexity index is 301. The Hall–Kier alpha value is -0.460. The molecule has 0 bridgehead atoms. The quantitative estimate of drug-likeness (QED) is 0.694. The molecule has 0 saturated heterocycles. The van der Waals surface area contributed by atoms with E-state index in [9.17, 15) is 4.79 Å². The van der Waals surface area contributed by atoms with Gasteiger partial charge >= 0.3 is 0 Å². The number of methoxy groups -OCH3 is 1. The molecule has 4 nitrogen and oxygen atoms in total. The van der Waals surface area contributed by atoms with Crippen molar-refractivity contribution in [3.63, 3.8) is 0 Å². The highest BCUT2D eigenvalue weighted by atomic mass is 32.2. The summed E-state index contributed by atoms with van der Waals surface area (Å²) >= 11 is 2.76. The van der Waals surface area contributed by atoms with Crippen LogP contribution in [0.15, 0.2) is 4.34 Å². The largest absolute Gasteiger partial charge is 0.377 e. The lowest BCUT2D eigenvalue weighted by molar-refractivity contribution is -0.120. The first-order chi connectivity index (χ1) is 6.76. The van der Waals surface area contributed by atoms with Crippen LogP contribution in [-0.4, -0.2) is 34.6 Å². The molecule has 0 saturated carbocycles. The van der Waals surface area contributed by atoms with Gasteiger partial charge in [0.15, 0.2) is 10.1 Å². The van der Waals surface area contributed by atoms with Crippen LogP contribution in [0.5, 0.6) is 0 Å². The van der Waals surface area contributed by atoms with Gasteiger partial charge in [-0.3, -0.25) is 4.79 Å². The summed E-state index contributed by atoms with van der Waals surface area (Å²) in [7, 11) is 1.52. The highest BCUT2D eigenvalue weighted by molar-refractivity contribution is 8.01. The number of hydrogen-bond donors (Lipinski definition) is 0. The summed E-state index contributed by atoms with van der Waals surface area (Å²) in [5.41, 5.74) is 0. The van der Waals surface area contributed by atoms with Crippen LogP contribution in [0.4, 0.5) is 0 Å². The van der Waals surface area contributed by atoms with Crippen LogP contribution >= 0.6 is 23.3 Å². The van der Waals surface area contributed by atoms with Gasteiger partial charge in [0.05, 0.1) is 5.75 Å². The first-order valence-electron chi connectivity index (χ1n) is 4.22. The monoisotopic (exact) mass is 232 g/mol. The van der Waals surface area contributed by atoms with E-state index in [1.54, 1.807) is 0 Å². The summed E-state index contributed by atoms with van der Waals surface area (Å²) in [5, 5.41) is 0. The lowest BCUT2D eigenvalue weighted by atomic mass is 10.5. The minimum Gasteiger partial charge on any atom is -0.377 e. The molecule has 1 rings (SSSR count). The molecule has 14 heavy (non-hydrogen) atoms. The minimum absolute atomic E-state index is 0.0748. The summed E-state index contributed by atoms with van der Waals surface area (Å²) < 4.78 is 9.70. The van der Waals surface area contributed by atoms with Crippen LogP contribution in [-0.2, 0) is 16.0 Å². The number of aryl methyl sites for hydroxylation is 1. The second-order valence-corrected chi connectivity index (χ2v) is 4.56. The fraction of sp³-hybridized carbons (Fsp3) is 0.625. The summed E-state index contributed by atoms with van der Waals surface area (Å²) in [6, 6.07) is 0. The third-order valence-corrected chi connectivity index (χ3v) is 3.36. The van der Waals surface area contributed by atoms with E-state index in [0.29, 0.717) is 5.75 Å². The van der Waals surface area contributed by atoms with Crippen LogP contribution in [0.3, 0.4) is 0 Å². The number of ketones is 1. The van der Waals surface area contributed by atoms with Gasteiger partial charge in [-0.2, -0.15) is 4.37 Å². The third-order valence-electron chi connectivity index (χ3n) is 1.43. The van der Waals surface area contributed by atoms with Gasteiger partial charge in [0.2, 0.25) is 0 Å². The highest BCUT2D eigenvalue weighted by Gasteiger charge is 2.06. The molecule has 0 aliphatic carbocycles. The number of ether oxygens (including phenoxy) is 1. The Morgan fingerprint density at radius 3 is 3.00 bits per heavy atom. The highest BCUT2D eigenvalue weighted by Crippen LogP contribution is 2.19. The minimum atomic E-state index is 0.0748. The first kappa shape index (κ1) is 11.6. The molecule has 0 unspecified atom stereocenters. The Kier molecular flexibility index (Phi) is 5.06. The molecule has 0 aliphatic rings. The maximum absolute atomic E-state index is 11.1. The predicted octanol–water partition coefficient (Wildman–Crippen LogP) is 1.41. The lowest BCUT2D eigenvalue weighted by Gasteiger charge is -1.95. The van der Waals surface area contributed by atoms with Crippen molar-refractivity contribution in [1.29, 1.82) is 0 Å². The van der Waals surface area contributed by atoms with Crippen LogP contribution in [0.2, 0.25) is 0 Å². The number of rotatable bonds is 6. The van der Waals surface area contributed by atoms with Gasteiger partial charge in [0, 0.05) is 13.5 Å². The molecule has 0 atom stereocenters. The number of carbonyl (C=O) groups is 1. The van der Waals surface area contributed by atoms with Gasteiger partial charge in [-0.15, -0.1) is 0 Å². The van der Waals surface area contributed by atoms with E-state index < -0.39 is 0 Å². The van der Waals surface area contributed by atoms with Crippen molar-refractivity contribution in [3.8, 4) is 0 Å². The predicted molar refractivity (Wildman–Crippen MR) is 56.9 cm³/mol. The summed E-state index contributed by atoms with van der Waals surface area (Å²) in [5.74, 6) is 1.33. The normalized spacial score (nSPS) is 10.4. The molecule has 0 amide bonds. The van der Waals surface area contributed by atoms with E-state index in [2.05, 4.69) is 9.36 Å². The van der Waals surface area contributed by atoms with Crippen LogP contribution in [0.1, 0.15) is 12.7 Å². The van der Waals surface area contributed by atoms with Crippen molar-refractivity contribution in [1.82, 2.24) is 9.36 Å². The molecule has 0 aromatic carbocycles. The molecule has 1 heterocycles. The average Bonchev–Trinajstić information content (AvgIpc) is 2.63. The van der Waals surface area contributed by atoms with Crippen molar-refractivity contribution in [2.45, 2.75) is 17.7 Å². The van der Waals surface area contributed by atoms with Crippen LogP contribution in [0, 0.1) is 0 Å². The summed E-state index contributed by atoms with van der Waals surface area (Å²) in [6.07, 6.45) is 0.836. The van der Waals surface area contributed by atoms with Gasteiger partial charge in [-0.25, -0.2) is 4.98 Å². The first-order valence-corrected chi connectivity index (χ1v) is 5.98. The van der Waals surface area contributed by atoms with Crippen LogP contribution < -0.4 is 0 Å². The fourth-order valence-electron chi connectivity index (χ4n) is 0.785. The molecule has 6 heteroatoms. The fourth-order valence-corrected chi connectivity index (χ4v) is 2.32. The summed E-state index contributed by atoms with van der Waals surface area (Å²) in [4.78, 5) is 15.3. The Balaban J connectivity index is 2.34. The second kappa shape index (κ2) is 6.10. The van der Waals surface area contributed by atoms with Gasteiger partial charge in [-0.1, -0.05) is 18.7 Å². The molecule has 78 valence electrons. The molecular weight excluding hydrogens is 220 g/mol. The SMILES string of the molecule is CCc1nsc(SCC(=O)COC)n1. The molecule has 0 fully saturated rings. The Morgan fingerprint density at radius 2 is 2.43 bits per heavy atom. The molecule has 1 aromatic heterocycles. The lowest BCUT2D eigenvalue weighted by Crippen LogP contribution is -2.08. The smallest absolute Gasteiger partial charge is 0.170 e. The van der Waals surface area contributed by atoms with Crippen molar-refractivity contribution in [3.05, 3.63) is 5.82 Å². The van der Waals surface area contributed by atoms with Gasteiger partial charge in [0.25, 0.3) is 0 Å². The maximum atomic E-state index is 11.1. The molecule has 0 spiro atoms. The Labute approximate surface area is 91.2 Å². The number of nitrogens with zero attached hydrogens (tertiary/aromatic N) is 2. The van der Waals surface area contributed by atoms with Gasteiger partial charge < -0.3 is 4.74 Å². The number of aromatic nitrogens is 2. The molecular formula is C8H12N2O2S2.